The van der Waals surface area contributed by atoms with E-state index in [1.165, 1.54) is 12.1 Å². The molecule has 0 spiro atoms. The number of piperidine rings is 1. The van der Waals surface area contributed by atoms with Crippen LogP contribution < -0.4 is 14.5 Å². The van der Waals surface area contributed by atoms with Crippen LogP contribution in [-0.2, 0) is 0 Å². The van der Waals surface area contributed by atoms with E-state index in [4.69, 9.17) is 0 Å². The zero-order chi connectivity index (χ0) is 22.7. The Labute approximate surface area is 184 Å². The van der Waals surface area contributed by atoms with Crippen LogP contribution in [0.5, 0.6) is 5.75 Å². The molecule has 1 amide bonds. The summed E-state index contributed by atoms with van der Waals surface area (Å²) in [7, 11) is 0. The monoisotopic (exact) mass is 449 g/mol. The fourth-order valence-corrected chi connectivity index (χ4v) is 4.01. The number of anilines is 2. The van der Waals surface area contributed by atoms with Crippen molar-refractivity contribution in [2.24, 2.45) is 5.92 Å². The molecule has 0 atom stereocenters. The fourth-order valence-electron chi connectivity index (χ4n) is 4.01. The van der Waals surface area contributed by atoms with Crippen molar-refractivity contribution in [2.75, 3.05) is 49.1 Å². The van der Waals surface area contributed by atoms with E-state index in [1.807, 2.05) is 12.1 Å². The van der Waals surface area contributed by atoms with E-state index < -0.39 is 6.36 Å². The molecule has 172 valence electrons. The highest BCUT2D eigenvalue weighted by Gasteiger charge is 2.31. The molecule has 0 bridgehead atoms. The normalized spacial score (nSPS) is 18.1. The number of alkyl halides is 3. The number of aromatic nitrogens is 2. The number of amides is 1. The molecule has 2 aliphatic rings. The largest absolute Gasteiger partial charge is 0.573 e. The Morgan fingerprint density at radius 1 is 0.875 bits per heavy atom. The smallest absolute Gasteiger partial charge is 0.406 e. The minimum absolute atomic E-state index is 0.219. The molecule has 4 rings (SSSR count). The molecule has 7 nitrogen and oxygen atoms in total. The molecule has 2 aliphatic heterocycles. The van der Waals surface area contributed by atoms with Gasteiger partial charge in [-0.3, -0.25) is 4.79 Å². The summed E-state index contributed by atoms with van der Waals surface area (Å²) in [6.07, 6.45) is -2.43. The Balaban J connectivity index is 1.30. The maximum absolute atomic E-state index is 12.7. The van der Waals surface area contributed by atoms with E-state index in [2.05, 4.69) is 31.7 Å². The minimum atomic E-state index is -4.75. The standard InChI is InChI=1S/C22H26F3N5O2/c1-16-8-10-28(11-9-16)19-6-7-20(27-26-19)29-12-14-30(15-13-29)21(31)17-2-4-18(5-3-17)32-22(23,24)25/h2-7,16H,8-15H2,1H3. The molecule has 2 aromatic rings. The number of ether oxygens (including phenoxy) is 1. The summed E-state index contributed by atoms with van der Waals surface area (Å²) < 4.78 is 40.7. The van der Waals surface area contributed by atoms with Crippen molar-refractivity contribution in [3.8, 4) is 5.75 Å². The fraction of sp³-hybridized carbons (Fsp3) is 0.500. The number of carbonyl (C=O) groups is 1. The highest BCUT2D eigenvalue weighted by Crippen LogP contribution is 2.24. The van der Waals surface area contributed by atoms with Crippen molar-refractivity contribution in [1.29, 1.82) is 0 Å². The van der Waals surface area contributed by atoms with Gasteiger partial charge in [-0.05, 0) is 55.2 Å². The zero-order valence-corrected chi connectivity index (χ0v) is 17.9. The van der Waals surface area contributed by atoms with Crippen LogP contribution in [0.15, 0.2) is 36.4 Å². The molecule has 1 aromatic carbocycles. The highest BCUT2D eigenvalue weighted by molar-refractivity contribution is 5.94. The van der Waals surface area contributed by atoms with Crippen LogP contribution in [0.25, 0.3) is 0 Å². The molecule has 3 heterocycles. The topological polar surface area (TPSA) is 61.8 Å². The quantitative estimate of drug-likeness (QED) is 0.711. The lowest BCUT2D eigenvalue weighted by atomic mass is 9.99. The summed E-state index contributed by atoms with van der Waals surface area (Å²) in [6.45, 7) is 6.47. The molecule has 0 saturated carbocycles. The van der Waals surface area contributed by atoms with Gasteiger partial charge in [-0.25, -0.2) is 0 Å². The Bertz CT molecular complexity index is 905. The number of carbonyl (C=O) groups excluding carboxylic acids is 1. The Hall–Kier alpha value is -3.04. The number of piperazine rings is 1. The third-order valence-corrected chi connectivity index (χ3v) is 5.97. The number of hydrogen-bond acceptors (Lipinski definition) is 6. The van der Waals surface area contributed by atoms with E-state index in [9.17, 15) is 18.0 Å². The maximum atomic E-state index is 12.7. The van der Waals surface area contributed by atoms with E-state index >= 15 is 0 Å². The third-order valence-electron chi connectivity index (χ3n) is 5.97. The van der Waals surface area contributed by atoms with Gasteiger partial charge in [0.05, 0.1) is 0 Å². The summed E-state index contributed by atoms with van der Waals surface area (Å²) >= 11 is 0. The Kier molecular flexibility index (Phi) is 6.38. The van der Waals surface area contributed by atoms with E-state index in [-0.39, 0.29) is 11.7 Å². The molecule has 2 saturated heterocycles. The summed E-state index contributed by atoms with van der Waals surface area (Å²) in [4.78, 5) is 18.7. The van der Waals surface area contributed by atoms with Crippen molar-refractivity contribution in [3.63, 3.8) is 0 Å². The number of halogens is 3. The lowest BCUT2D eigenvalue weighted by Crippen LogP contribution is -2.49. The molecule has 0 N–H and O–H groups in total. The van der Waals surface area contributed by atoms with E-state index in [0.29, 0.717) is 31.7 Å². The van der Waals surface area contributed by atoms with Crippen LogP contribution in [0.4, 0.5) is 24.8 Å². The second-order valence-corrected chi connectivity index (χ2v) is 8.27. The molecule has 1 aromatic heterocycles. The highest BCUT2D eigenvalue weighted by atomic mass is 19.4. The average molecular weight is 449 g/mol. The van der Waals surface area contributed by atoms with Crippen LogP contribution in [0.1, 0.15) is 30.1 Å². The molecule has 0 unspecified atom stereocenters. The molecule has 0 aliphatic carbocycles. The predicted molar refractivity (Wildman–Crippen MR) is 114 cm³/mol. The Morgan fingerprint density at radius 2 is 1.41 bits per heavy atom. The van der Waals surface area contributed by atoms with Gasteiger partial charge in [-0.15, -0.1) is 23.4 Å². The predicted octanol–water partition coefficient (Wildman–Crippen LogP) is 3.57. The van der Waals surface area contributed by atoms with E-state index in [0.717, 1.165) is 55.6 Å². The Morgan fingerprint density at radius 3 is 1.91 bits per heavy atom. The molecule has 2 fully saturated rings. The summed E-state index contributed by atoms with van der Waals surface area (Å²) in [5, 5.41) is 8.79. The molecule has 10 heteroatoms. The van der Waals surface area contributed by atoms with Gasteiger partial charge in [0.25, 0.3) is 5.91 Å². The summed E-state index contributed by atoms with van der Waals surface area (Å²) in [5.74, 6) is 1.86. The van der Waals surface area contributed by atoms with Crippen LogP contribution >= 0.6 is 0 Å². The lowest BCUT2D eigenvalue weighted by Gasteiger charge is -2.35. The molecular formula is C22H26F3N5O2. The SMILES string of the molecule is CC1CCN(c2ccc(N3CCN(C(=O)c4ccc(OC(F)(F)F)cc4)CC3)nn2)CC1. The van der Waals surface area contributed by atoms with Gasteiger partial charge < -0.3 is 19.4 Å². The van der Waals surface area contributed by atoms with Gasteiger partial charge in [0.1, 0.15) is 5.75 Å². The third kappa shape index (κ3) is 5.41. The van der Waals surface area contributed by atoms with Gasteiger partial charge in [0.2, 0.25) is 0 Å². The second-order valence-electron chi connectivity index (χ2n) is 8.27. The zero-order valence-electron chi connectivity index (χ0n) is 17.9. The van der Waals surface area contributed by atoms with Gasteiger partial charge in [0, 0.05) is 44.8 Å². The maximum Gasteiger partial charge on any atom is 0.573 e. The van der Waals surface area contributed by atoms with Gasteiger partial charge in [0.15, 0.2) is 11.6 Å². The first-order valence-electron chi connectivity index (χ1n) is 10.8. The number of hydrogen-bond donors (Lipinski definition) is 0. The van der Waals surface area contributed by atoms with Gasteiger partial charge in [-0.1, -0.05) is 6.92 Å². The first kappa shape index (κ1) is 22.2. The number of benzene rings is 1. The van der Waals surface area contributed by atoms with Crippen molar-refractivity contribution < 1.29 is 22.7 Å². The van der Waals surface area contributed by atoms with Crippen molar-refractivity contribution in [3.05, 3.63) is 42.0 Å². The molecular weight excluding hydrogens is 423 g/mol. The van der Waals surface area contributed by atoms with Crippen molar-refractivity contribution in [2.45, 2.75) is 26.1 Å². The number of nitrogens with zero attached hydrogens (tertiary/aromatic N) is 5. The average Bonchev–Trinajstić information content (AvgIpc) is 2.79. The second kappa shape index (κ2) is 9.22. The van der Waals surface area contributed by atoms with Crippen LogP contribution in [0.2, 0.25) is 0 Å². The molecule has 32 heavy (non-hydrogen) atoms. The summed E-state index contributed by atoms with van der Waals surface area (Å²) in [5.41, 5.74) is 0.327. The molecule has 0 radical (unpaired) electrons. The first-order valence-corrected chi connectivity index (χ1v) is 10.8. The van der Waals surface area contributed by atoms with Gasteiger partial charge >= 0.3 is 6.36 Å². The first-order chi connectivity index (χ1) is 15.3. The van der Waals surface area contributed by atoms with Gasteiger partial charge in [-0.2, -0.15) is 0 Å². The number of rotatable bonds is 4. The van der Waals surface area contributed by atoms with E-state index in [1.54, 1.807) is 4.90 Å². The minimum Gasteiger partial charge on any atom is -0.406 e. The van der Waals surface area contributed by atoms with Crippen LogP contribution in [-0.4, -0.2) is 66.6 Å². The van der Waals surface area contributed by atoms with Crippen LogP contribution in [0, 0.1) is 5.92 Å². The van der Waals surface area contributed by atoms with Crippen molar-refractivity contribution >= 4 is 17.5 Å². The lowest BCUT2D eigenvalue weighted by molar-refractivity contribution is -0.274. The van der Waals surface area contributed by atoms with Crippen LogP contribution in [0.3, 0.4) is 0 Å². The summed E-state index contributed by atoms with van der Waals surface area (Å²) in [6, 6.07) is 8.97. The van der Waals surface area contributed by atoms with Crippen molar-refractivity contribution in [1.82, 2.24) is 15.1 Å².